The zero-order chi connectivity index (χ0) is 28.4. The predicted octanol–water partition coefficient (Wildman–Crippen LogP) is 4.30. The number of hydrogen-bond acceptors (Lipinski definition) is 7. The fraction of sp³-hybridized carbons (Fsp3) is 0.444. The molecule has 9 nitrogen and oxygen atoms in total. The van der Waals surface area contributed by atoms with Crippen LogP contribution in [0.5, 0.6) is 11.5 Å². The molecule has 1 aliphatic heterocycles. The first kappa shape index (κ1) is 29.1. The number of amides is 3. The van der Waals surface area contributed by atoms with Gasteiger partial charge in [0.25, 0.3) is 11.8 Å². The largest absolute Gasteiger partial charge is 0.493 e. The minimum absolute atomic E-state index is 0.0190. The Labute approximate surface area is 222 Å². The van der Waals surface area contributed by atoms with Crippen molar-refractivity contribution in [1.82, 2.24) is 4.90 Å². The van der Waals surface area contributed by atoms with Crippen molar-refractivity contribution in [3.05, 3.63) is 52.3 Å². The minimum Gasteiger partial charge on any atom is -0.493 e. The van der Waals surface area contributed by atoms with Gasteiger partial charge in [-0.25, -0.2) is 12.8 Å². The molecule has 0 bridgehead atoms. The number of methoxy groups -OCH3 is 1. The predicted molar refractivity (Wildman–Crippen MR) is 141 cm³/mol. The summed E-state index contributed by atoms with van der Waals surface area (Å²) < 4.78 is 52.2. The maximum atomic E-state index is 15.1. The van der Waals surface area contributed by atoms with Crippen molar-refractivity contribution in [3.63, 3.8) is 0 Å². The molecule has 0 unspecified atom stereocenters. The van der Waals surface area contributed by atoms with Crippen LogP contribution in [0.2, 0.25) is 0 Å². The fourth-order valence-electron chi connectivity index (χ4n) is 4.35. The Hall–Kier alpha value is -3.47. The number of nitrogens with one attached hydrogen (secondary N) is 1. The number of sulfone groups is 1. The standard InChI is InChI=1S/C27H33FN2O7S/c1-7-17-18(28)13-19(29-23(31)8-2)25-24(17)26(32)30(27(25)33)20(14-38(34,35)15(4)5)16-10-11-21(36-6)22(12-16)37-9-3/h10-13,15,20H,7-9,14H2,1-6H3,(H,29,31)/t20-/m1/s1. The Morgan fingerprint density at radius 2 is 1.71 bits per heavy atom. The van der Waals surface area contributed by atoms with E-state index in [0.717, 1.165) is 11.0 Å². The van der Waals surface area contributed by atoms with E-state index in [1.807, 2.05) is 0 Å². The zero-order valence-corrected chi connectivity index (χ0v) is 23.2. The van der Waals surface area contributed by atoms with Crippen molar-refractivity contribution >= 4 is 33.2 Å². The maximum absolute atomic E-state index is 15.1. The van der Waals surface area contributed by atoms with Crippen molar-refractivity contribution in [2.24, 2.45) is 0 Å². The van der Waals surface area contributed by atoms with Crippen molar-refractivity contribution in [2.75, 3.05) is 24.8 Å². The quantitative estimate of drug-likeness (QED) is 0.416. The van der Waals surface area contributed by atoms with Crippen LogP contribution in [-0.4, -0.2) is 55.8 Å². The summed E-state index contributed by atoms with van der Waals surface area (Å²) in [4.78, 5) is 40.7. The summed E-state index contributed by atoms with van der Waals surface area (Å²) in [5, 5.41) is 1.72. The Morgan fingerprint density at radius 1 is 1.05 bits per heavy atom. The molecule has 0 aliphatic carbocycles. The number of hydrogen-bond donors (Lipinski definition) is 1. The molecular formula is C27H33FN2O7S. The second kappa shape index (κ2) is 11.5. The van der Waals surface area contributed by atoms with Crippen LogP contribution in [-0.2, 0) is 21.1 Å². The van der Waals surface area contributed by atoms with E-state index in [0.29, 0.717) is 23.7 Å². The summed E-state index contributed by atoms with van der Waals surface area (Å²) in [5.41, 5.74) is -0.108. The normalized spacial score (nSPS) is 14.1. The zero-order valence-electron chi connectivity index (χ0n) is 22.4. The Kier molecular flexibility index (Phi) is 8.81. The molecule has 1 aliphatic rings. The number of rotatable bonds is 11. The minimum atomic E-state index is -3.78. The van der Waals surface area contributed by atoms with E-state index < -0.39 is 50.4 Å². The highest BCUT2D eigenvalue weighted by atomic mass is 32.2. The van der Waals surface area contributed by atoms with Gasteiger partial charge < -0.3 is 14.8 Å². The van der Waals surface area contributed by atoms with Crippen LogP contribution < -0.4 is 14.8 Å². The number of anilines is 1. The van der Waals surface area contributed by atoms with E-state index in [4.69, 9.17) is 9.47 Å². The lowest BCUT2D eigenvalue weighted by Gasteiger charge is -2.28. The van der Waals surface area contributed by atoms with Crippen LogP contribution in [0.3, 0.4) is 0 Å². The summed E-state index contributed by atoms with van der Waals surface area (Å²) in [6.45, 7) is 8.32. The van der Waals surface area contributed by atoms with Gasteiger partial charge in [-0.15, -0.1) is 0 Å². The number of imide groups is 1. The molecule has 11 heteroatoms. The van der Waals surface area contributed by atoms with E-state index >= 15 is 4.39 Å². The number of ether oxygens (including phenoxy) is 2. The number of benzene rings is 2. The van der Waals surface area contributed by atoms with E-state index in [1.165, 1.54) is 27.0 Å². The van der Waals surface area contributed by atoms with Crippen LogP contribution in [0.1, 0.15) is 78.9 Å². The summed E-state index contributed by atoms with van der Waals surface area (Å²) in [5.74, 6) is -2.71. The average molecular weight is 549 g/mol. The molecule has 1 atom stereocenters. The number of carbonyl (C=O) groups is 3. The van der Waals surface area contributed by atoms with Crippen molar-refractivity contribution in [2.45, 2.75) is 58.8 Å². The second-order valence-electron chi connectivity index (χ2n) is 9.11. The summed E-state index contributed by atoms with van der Waals surface area (Å²) >= 11 is 0. The first-order valence-electron chi connectivity index (χ1n) is 12.5. The highest BCUT2D eigenvalue weighted by Gasteiger charge is 2.46. The molecule has 2 aromatic carbocycles. The smallest absolute Gasteiger partial charge is 0.264 e. The van der Waals surface area contributed by atoms with Gasteiger partial charge >= 0.3 is 0 Å². The van der Waals surface area contributed by atoms with E-state index in [-0.39, 0.29) is 35.2 Å². The molecule has 0 spiro atoms. The number of halogens is 1. The summed E-state index contributed by atoms with van der Waals surface area (Å²) in [6.07, 6.45) is 0.175. The van der Waals surface area contributed by atoms with Gasteiger partial charge in [-0.1, -0.05) is 19.9 Å². The van der Waals surface area contributed by atoms with Gasteiger partial charge in [-0.3, -0.25) is 19.3 Å². The van der Waals surface area contributed by atoms with E-state index in [9.17, 15) is 22.8 Å². The van der Waals surface area contributed by atoms with Crippen LogP contribution in [0, 0.1) is 5.82 Å². The lowest BCUT2D eigenvalue weighted by molar-refractivity contribution is -0.115. The van der Waals surface area contributed by atoms with Crippen molar-refractivity contribution in [1.29, 1.82) is 0 Å². The second-order valence-corrected chi connectivity index (χ2v) is 11.7. The fourth-order valence-corrected chi connectivity index (χ4v) is 5.52. The Bertz CT molecular complexity index is 1370. The number of fused-ring (bicyclic) bond motifs is 1. The molecule has 0 aromatic heterocycles. The molecule has 0 saturated carbocycles. The molecule has 1 N–H and O–H groups in total. The Balaban J connectivity index is 2.26. The molecule has 0 fully saturated rings. The molecule has 0 saturated heterocycles. The topological polar surface area (TPSA) is 119 Å². The lowest BCUT2D eigenvalue weighted by atomic mass is 9.98. The third-order valence-electron chi connectivity index (χ3n) is 6.49. The molecular weight excluding hydrogens is 515 g/mol. The third-order valence-corrected chi connectivity index (χ3v) is 8.70. The summed E-state index contributed by atoms with van der Waals surface area (Å²) in [7, 11) is -2.32. The molecule has 2 aromatic rings. The monoisotopic (exact) mass is 548 g/mol. The van der Waals surface area contributed by atoms with Crippen molar-refractivity contribution < 1.29 is 36.7 Å². The van der Waals surface area contributed by atoms with Gasteiger partial charge in [0.1, 0.15) is 5.82 Å². The molecule has 38 heavy (non-hydrogen) atoms. The van der Waals surface area contributed by atoms with Gasteiger partial charge in [0.15, 0.2) is 21.3 Å². The summed E-state index contributed by atoms with van der Waals surface area (Å²) in [6, 6.07) is 4.44. The average Bonchev–Trinajstić information content (AvgIpc) is 3.12. The number of carbonyl (C=O) groups excluding carboxylic acids is 3. The molecule has 206 valence electrons. The number of nitrogens with zero attached hydrogens (tertiary/aromatic N) is 1. The third kappa shape index (κ3) is 5.38. The van der Waals surface area contributed by atoms with Gasteiger partial charge in [-0.2, -0.15) is 0 Å². The van der Waals surface area contributed by atoms with Gasteiger partial charge in [0.2, 0.25) is 5.91 Å². The Morgan fingerprint density at radius 3 is 2.26 bits per heavy atom. The molecule has 3 amide bonds. The lowest BCUT2D eigenvalue weighted by Crippen LogP contribution is -2.39. The van der Waals surface area contributed by atoms with Crippen molar-refractivity contribution in [3.8, 4) is 11.5 Å². The molecule has 0 radical (unpaired) electrons. The highest BCUT2D eigenvalue weighted by Crippen LogP contribution is 2.41. The SMILES string of the molecule is CCOc1cc([C@@H](CS(=O)(=O)C(C)C)N2C(=O)c3c(NC(=O)CC)cc(F)c(CC)c3C2=O)ccc1OC. The van der Waals surface area contributed by atoms with Crippen LogP contribution in [0.4, 0.5) is 10.1 Å². The maximum Gasteiger partial charge on any atom is 0.264 e. The van der Waals surface area contributed by atoms with Crippen LogP contribution in [0.25, 0.3) is 0 Å². The van der Waals surface area contributed by atoms with Gasteiger partial charge in [0, 0.05) is 12.0 Å². The van der Waals surface area contributed by atoms with E-state index in [1.54, 1.807) is 32.9 Å². The van der Waals surface area contributed by atoms with Crippen LogP contribution >= 0.6 is 0 Å². The highest BCUT2D eigenvalue weighted by molar-refractivity contribution is 7.92. The molecule has 1 heterocycles. The van der Waals surface area contributed by atoms with Crippen LogP contribution in [0.15, 0.2) is 24.3 Å². The first-order chi connectivity index (χ1) is 17.9. The first-order valence-corrected chi connectivity index (χ1v) is 14.2. The van der Waals surface area contributed by atoms with Gasteiger partial charge in [-0.05, 0) is 51.0 Å². The van der Waals surface area contributed by atoms with Gasteiger partial charge in [0.05, 0.1) is 47.6 Å². The van der Waals surface area contributed by atoms with E-state index in [2.05, 4.69) is 5.32 Å². The molecule has 3 rings (SSSR count).